The summed E-state index contributed by atoms with van der Waals surface area (Å²) in [5.41, 5.74) is 4.33. The fourth-order valence-electron chi connectivity index (χ4n) is 4.08. The van der Waals surface area contributed by atoms with E-state index in [-0.39, 0.29) is 16.5 Å². The Labute approximate surface area is 164 Å². The topological polar surface area (TPSA) is 69.9 Å². The molecule has 2 aromatic carbocycles. The maximum absolute atomic E-state index is 14.2. The van der Waals surface area contributed by atoms with Gasteiger partial charge in [-0.2, -0.15) is 0 Å². The fourth-order valence-corrected chi connectivity index (χ4v) is 4.08. The number of fused-ring (bicyclic) bond motifs is 1. The highest BCUT2D eigenvalue weighted by Crippen LogP contribution is 2.46. The third-order valence-electron chi connectivity index (χ3n) is 6.03. The lowest BCUT2D eigenvalue weighted by molar-refractivity contribution is 0.0692. The maximum Gasteiger partial charge on any atom is 0.338 e. The van der Waals surface area contributed by atoms with Crippen molar-refractivity contribution in [2.45, 2.75) is 58.3 Å². The molecule has 5 heteroatoms. The van der Waals surface area contributed by atoms with Crippen LogP contribution >= 0.6 is 0 Å². The summed E-state index contributed by atoms with van der Waals surface area (Å²) in [6.07, 6.45) is 2.14. The highest BCUT2D eigenvalue weighted by molar-refractivity contribution is 6.13. The van der Waals surface area contributed by atoms with Crippen molar-refractivity contribution in [3.8, 4) is 0 Å². The molecule has 0 amide bonds. The molecule has 28 heavy (non-hydrogen) atoms. The van der Waals surface area contributed by atoms with Crippen LogP contribution in [0.3, 0.4) is 0 Å². The first kappa shape index (κ1) is 20.1. The summed E-state index contributed by atoms with van der Waals surface area (Å²) >= 11 is 0. The minimum Gasteiger partial charge on any atom is -0.478 e. The molecule has 1 aliphatic rings. The Morgan fingerprint density at radius 2 is 1.57 bits per heavy atom. The molecule has 0 saturated heterocycles. The lowest BCUT2D eigenvalue weighted by atomic mass is 9.62. The lowest BCUT2D eigenvalue weighted by Crippen LogP contribution is -2.34. The monoisotopic (exact) mass is 383 g/mol. The van der Waals surface area contributed by atoms with Crippen molar-refractivity contribution in [3.63, 3.8) is 0 Å². The van der Waals surface area contributed by atoms with Gasteiger partial charge in [0, 0.05) is 11.1 Å². The summed E-state index contributed by atoms with van der Waals surface area (Å²) in [7, 11) is 0. The van der Waals surface area contributed by atoms with Crippen LogP contribution in [0, 0.1) is 12.7 Å². The average molecular weight is 383 g/mol. The summed E-state index contributed by atoms with van der Waals surface area (Å²) in [4.78, 5) is 11.1. The number of hydrogen-bond donors (Lipinski definition) is 2. The van der Waals surface area contributed by atoms with Crippen LogP contribution in [0.15, 0.2) is 35.5 Å². The van der Waals surface area contributed by atoms with Gasteiger partial charge in [-0.25, -0.2) is 9.18 Å². The van der Waals surface area contributed by atoms with Crippen molar-refractivity contribution in [2.75, 3.05) is 0 Å². The van der Waals surface area contributed by atoms with E-state index in [1.54, 1.807) is 0 Å². The van der Waals surface area contributed by atoms with E-state index < -0.39 is 17.3 Å². The van der Waals surface area contributed by atoms with Crippen molar-refractivity contribution in [1.82, 2.24) is 0 Å². The third kappa shape index (κ3) is 3.30. The lowest BCUT2D eigenvalue weighted by Gasteiger charge is -2.42. The predicted octanol–water partition coefficient (Wildman–Crippen LogP) is 5.41. The molecule has 0 bridgehead atoms. The van der Waals surface area contributed by atoms with Crippen molar-refractivity contribution >= 4 is 11.7 Å². The van der Waals surface area contributed by atoms with Gasteiger partial charge in [-0.15, -0.1) is 0 Å². The van der Waals surface area contributed by atoms with Gasteiger partial charge >= 0.3 is 5.97 Å². The van der Waals surface area contributed by atoms with Crippen LogP contribution in [-0.4, -0.2) is 22.0 Å². The van der Waals surface area contributed by atoms with Gasteiger partial charge in [-0.3, -0.25) is 0 Å². The maximum atomic E-state index is 14.2. The van der Waals surface area contributed by atoms with E-state index in [1.165, 1.54) is 23.3 Å². The first-order valence-electron chi connectivity index (χ1n) is 9.39. The molecular weight excluding hydrogens is 357 g/mol. The van der Waals surface area contributed by atoms with Crippen LogP contribution in [0.2, 0.25) is 0 Å². The highest BCUT2D eigenvalue weighted by atomic mass is 19.1. The molecule has 0 saturated carbocycles. The Kier molecular flexibility index (Phi) is 4.82. The van der Waals surface area contributed by atoms with Crippen molar-refractivity contribution in [1.29, 1.82) is 0 Å². The van der Waals surface area contributed by atoms with Gasteiger partial charge < -0.3 is 10.3 Å². The number of carbonyl (C=O) groups is 1. The van der Waals surface area contributed by atoms with E-state index in [0.29, 0.717) is 5.56 Å². The number of aromatic carboxylic acids is 1. The number of aryl methyl sites for hydroxylation is 1. The second-order valence-corrected chi connectivity index (χ2v) is 8.93. The Bertz CT molecular complexity index is 990. The van der Waals surface area contributed by atoms with Gasteiger partial charge in [-0.05, 0) is 65.5 Å². The zero-order chi connectivity index (χ0) is 20.9. The molecule has 0 aliphatic heterocycles. The number of rotatable bonds is 3. The standard InChI is InChI=1S/C23H26FNO3/c1-13-10-17-18(23(4,5)9-8-22(17,2)3)12-16(13)20(25-28)14-6-7-15(21(26)27)19(24)11-14/h6-7,10-12,28H,8-9H2,1-5H3,(H,26,27)/b25-20+. The summed E-state index contributed by atoms with van der Waals surface area (Å²) in [5, 5.41) is 22.2. The van der Waals surface area contributed by atoms with E-state index >= 15 is 0 Å². The molecule has 0 unspecified atom stereocenters. The zero-order valence-electron chi connectivity index (χ0n) is 16.9. The van der Waals surface area contributed by atoms with Crippen LogP contribution in [0.1, 0.15) is 78.7 Å². The predicted molar refractivity (Wildman–Crippen MR) is 107 cm³/mol. The number of carboxylic acid groups (broad SMARTS) is 1. The number of oxime groups is 1. The second-order valence-electron chi connectivity index (χ2n) is 8.93. The molecule has 0 spiro atoms. The number of halogens is 1. The number of carboxylic acids is 1. The van der Waals surface area contributed by atoms with E-state index in [0.717, 1.165) is 30.0 Å². The molecule has 0 atom stereocenters. The smallest absolute Gasteiger partial charge is 0.338 e. The largest absolute Gasteiger partial charge is 0.478 e. The fraction of sp³-hybridized carbons (Fsp3) is 0.391. The van der Waals surface area contributed by atoms with E-state index in [2.05, 4.69) is 38.9 Å². The summed E-state index contributed by atoms with van der Waals surface area (Å²) in [6.45, 7) is 10.8. The van der Waals surface area contributed by atoms with Crippen LogP contribution < -0.4 is 0 Å². The normalized spacial score (nSPS) is 17.9. The molecular formula is C23H26FNO3. The SMILES string of the molecule is Cc1cc2c(cc1/C(=N/O)c1ccc(C(=O)O)c(F)c1)C(C)(C)CCC2(C)C. The van der Waals surface area contributed by atoms with Gasteiger partial charge in [0.05, 0.1) is 5.56 Å². The van der Waals surface area contributed by atoms with Gasteiger partial charge in [0.2, 0.25) is 0 Å². The molecule has 1 aliphatic carbocycles. The molecule has 0 heterocycles. The van der Waals surface area contributed by atoms with Gasteiger partial charge in [-0.1, -0.05) is 45.0 Å². The van der Waals surface area contributed by atoms with Crippen LogP contribution in [0.4, 0.5) is 4.39 Å². The quantitative estimate of drug-likeness (QED) is 0.423. The molecule has 0 radical (unpaired) electrons. The molecule has 0 fully saturated rings. The van der Waals surface area contributed by atoms with Crippen molar-refractivity contribution in [2.24, 2.45) is 5.16 Å². The summed E-state index contributed by atoms with van der Waals surface area (Å²) in [6, 6.07) is 7.95. The minimum absolute atomic E-state index is 0.0215. The van der Waals surface area contributed by atoms with Crippen molar-refractivity contribution < 1.29 is 19.5 Å². The van der Waals surface area contributed by atoms with Gasteiger partial charge in [0.15, 0.2) is 0 Å². The first-order chi connectivity index (χ1) is 13.0. The Balaban J connectivity index is 2.18. The molecule has 4 nitrogen and oxygen atoms in total. The van der Waals surface area contributed by atoms with E-state index in [9.17, 15) is 14.4 Å². The molecule has 2 aromatic rings. The zero-order valence-corrected chi connectivity index (χ0v) is 16.9. The van der Waals surface area contributed by atoms with Crippen LogP contribution in [0.5, 0.6) is 0 Å². The number of nitrogens with zero attached hydrogens (tertiary/aromatic N) is 1. The minimum atomic E-state index is -1.33. The average Bonchev–Trinajstić information content (AvgIpc) is 2.60. The second kappa shape index (κ2) is 6.73. The number of benzene rings is 2. The molecule has 0 aromatic heterocycles. The summed E-state index contributed by atoms with van der Waals surface area (Å²) < 4.78 is 14.2. The van der Waals surface area contributed by atoms with Crippen molar-refractivity contribution in [3.05, 3.63) is 69.5 Å². The number of hydrogen-bond acceptors (Lipinski definition) is 3. The molecule has 148 valence electrons. The van der Waals surface area contributed by atoms with Crippen LogP contribution in [-0.2, 0) is 10.8 Å². The van der Waals surface area contributed by atoms with Gasteiger partial charge in [0.1, 0.15) is 11.5 Å². The van der Waals surface area contributed by atoms with Crippen LogP contribution in [0.25, 0.3) is 0 Å². The first-order valence-corrected chi connectivity index (χ1v) is 9.39. The Morgan fingerprint density at radius 3 is 2.07 bits per heavy atom. The summed E-state index contributed by atoms with van der Waals surface area (Å²) in [5.74, 6) is -2.19. The van der Waals surface area contributed by atoms with E-state index in [4.69, 9.17) is 5.11 Å². The van der Waals surface area contributed by atoms with Gasteiger partial charge in [0.25, 0.3) is 0 Å². The Hall–Kier alpha value is -2.69. The Morgan fingerprint density at radius 1 is 1.00 bits per heavy atom. The molecule has 3 rings (SSSR count). The molecule has 2 N–H and O–H groups in total. The third-order valence-corrected chi connectivity index (χ3v) is 6.03. The highest BCUT2D eigenvalue weighted by Gasteiger charge is 2.37. The van der Waals surface area contributed by atoms with E-state index in [1.807, 2.05) is 13.0 Å².